The molecular formula is C25H24BrClN4O3. The van der Waals surface area contributed by atoms with Crippen molar-refractivity contribution in [3.05, 3.63) is 63.7 Å². The van der Waals surface area contributed by atoms with E-state index >= 15 is 0 Å². The van der Waals surface area contributed by atoms with Crippen LogP contribution in [0.5, 0.6) is 0 Å². The summed E-state index contributed by atoms with van der Waals surface area (Å²) in [4.78, 5) is 13.2. The van der Waals surface area contributed by atoms with Crippen molar-refractivity contribution in [1.82, 2.24) is 19.5 Å². The molecule has 7 nitrogen and oxygen atoms in total. The summed E-state index contributed by atoms with van der Waals surface area (Å²) in [5.74, 6) is 0. The van der Waals surface area contributed by atoms with Gasteiger partial charge in [0.1, 0.15) is 23.2 Å². The molecule has 4 heterocycles. The van der Waals surface area contributed by atoms with Crippen molar-refractivity contribution < 1.29 is 14.9 Å². The van der Waals surface area contributed by atoms with Crippen LogP contribution in [0.4, 0.5) is 0 Å². The van der Waals surface area contributed by atoms with Gasteiger partial charge in [-0.3, -0.25) is 0 Å². The number of ether oxygens (including phenoxy) is 1. The fourth-order valence-electron chi connectivity index (χ4n) is 5.75. The summed E-state index contributed by atoms with van der Waals surface area (Å²) in [5.41, 5.74) is 3.14. The number of rotatable bonds is 3. The van der Waals surface area contributed by atoms with Crippen molar-refractivity contribution >= 4 is 49.5 Å². The maximum atomic E-state index is 11.1. The topological polar surface area (TPSA) is 93.3 Å². The van der Waals surface area contributed by atoms with E-state index in [2.05, 4.69) is 36.9 Å². The second-order valence-electron chi connectivity index (χ2n) is 9.62. The SMILES string of the molecule is Cc1ncnc2c1ccn2[C@@H]1C[C@@]2(CO[C@H](Cc3ccc4cc(Br)c(Cl)nc4c3)C2)[C@@H](O)[C@H]1O. The van der Waals surface area contributed by atoms with Gasteiger partial charge in [-0.15, -0.1) is 0 Å². The fraction of sp³-hybridized carbons (Fsp3) is 0.400. The average molecular weight is 544 g/mol. The third-order valence-corrected chi connectivity index (χ3v) is 8.64. The minimum Gasteiger partial charge on any atom is -0.390 e. The zero-order valence-electron chi connectivity index (χ0n) is 18.5. The molecule has 2 N–H and O–H groups in total. The molecule has 0 unspecified atom stereocenters. The van der Waals surface area contributed by atoms with E-state index < -0.39 is 17.6 Å². The van der Waals surface area contributed by atoms with E-state index in [0.717, 1.165) is 37.7 Å². The van der Waals surface area contributed by atoms with E-state index in [4.69, 9.17) is 16.3 Å². The van der Waals surface area contributed by atoms with Crippen LogP contribution >= 0.6 is 27.5 Å². The predicted octanol–water partition coefficient (Wildman–Crippen LogP) is 4.39. The number of fused-ring (bicyclic) bond motifs is 2. The standard InChI is InChI=1S/C25H24BrClN4O3/c1-13-17-4-5-31(24(17)29-12-28-13)20-10-25(22(33)21(20)32)9-16(34-11-25)6-14-2-3-15-8-18(26)23(27)30-19(15)7-14/h2-5,7-8,12,16,20-22,32-33H,6,9-11H2,1H3/t16-,20-,21+,22+,25+/m1/s1. The highest BCUT2D eigenvalue weighted by Crippen LogP contribution is 2.52. The molecule has 0 amide bonds. The molecule has 1 aliphatic carbocycles. The number of nitrogens with zero attached hydrogens (tertiary/aromatic N) is 4. The zero-order valence-corrected chi connectivity index (χ0v) is 20.9. The number of hydrogen-bond donors (Lipinski definition) is 2. The summed E-state index contributed by atoms with van der Waals surface area (Å²) in [6, 6.07) is 9.82. The molecule has 2 fully saturated rings. The Morgan fingerprint density at radius 1 is 1.21 bits per heavy atom. The molecule has 6 rings (SSSR count). The molecule has 1 saturated heterocycles. The van der Waals surface area contributed by atoms with Crippen molar-refractivity contribution in [2.45, 2.75) is 50.5 Å². The number of pyridine rings is 1. The Hall–Kier alpha value is -2.10. The number of aliphatic hydroxyl groups is 2. The lowest BCUT2D eigenvalue weighted by atomic mass is 9.80. The largest absolute Gasteiger partial charge is 0.390 e. The van der Waals surface area contributed by atoms with Gasteiger partial charge in [-0.05, 0) is 65.9 Å². The first kappa shape index (κ1) is 22.4. The maximum absolute atomic E-state index is 11.1. The Kier molecular flexibility index (Phi) is 5.42. The predicted molar refractivity (Wildman–Crippen MR) is 133 cm³/mol. The molecule has 0 bridgehead atoms. The Labute approximate surface area is 209 Å². The van der Waals surface area contributed by atoms with Crippen molar-refractivity contribution in [2.24, 2.45) is 5.41 Å². The molecule has 9 heteroatoms. The molecule has 5 atom stereocenters. The van der Waals surface area contributed by atoms with Gasteiger partial charge < -0.3 is 19.5 Å². The molecule has 1 saturated carbocycles. The fourth-order valence-corrected chi connectivity index (χ4v) is 6.23. The van der Waals surface area contributed by atoms with Crippen molar-refractivity contribution in [3.63, 3.8) is 0 Å². The summed E-state index contributed by atoms with van der Waals surface area (Å²) in [6.07, 6.45) is 3.69. The van der Waals surface area contributed by atoms with Crippen LogP contribution in [0, 0.1) is 12.3 Å². The Morgan fingerprint density at radius 3 is 2.91 bits per heavy atom. The van der Waals surface area contributed by atoms with Crippen LogP contribution in [0.3, 0.4) is 0 Å². The van der Waals surface area contributed by atoms with Gasteiger partial charge in [0, 0.05) is 22.4 Å². The van der Waals surface area contributed by atoms with Crippen LogP contribution in [-0.4, -0.2) is 54.7 Å². The van der Waals surface area contributed by atoms with E-state index in [9.17, 15) is 10.2 Å². The number of aromatic nitrogens is 4. The van der Waals surface area contributed by atoms with Gasteiger partial charge in [0.05, 0.1) is 40.5 Å². The number of hydrogen-bond acceptors (Lipinski definition) is 6. The minimum absolute atomic E-state index is 0.0463. The quantitative estimate of drug-likeness (QED) is 0.372. The van der Waals surface area contributed by atoms with Gasteiger partial charge in [0.2, 0.25) is 0 Å². The molecular weight excluding hydrogens is 520 g/mol. The van der Waals surface area contributed by atoms with E-state index in [1.54, 1.807) is 6.33 Å². The van der Waals surface area contributed by atoms with Gasteiger partial charge >= 0.3 is 0 Å². The van der Waals surface area contributed by atoms with Crippen LogP contribution < -0.4 is 0 Å². The summed E-state index contributed by atoms with van der Waals surface area (Å²) < 4.78 is 8.94. The third-order valence-electron chi connectivity index (χ3n) is 7.52. The first-order valence-corrected chi connectivity index (χ1v) is 12.5. The zero-order chi connectivity index (χ0) is 23.6. The van der Waals surface area contributed by atoms with E-state index in [-0.39, 0.29) is 12.1 Å². The molecule has 34 heavy (non-hydrogen) atoms. The van der Waals surface area contributed by atoms with Gasteiger partial charge in [-0.1, -0.05) is 23.7 Å². The Balaban J connectivity index is 1.23. The van der Waals surface area contributed by atoms with Gasteiger partial charge in [-0.2, -0.15) is 0 Å². The Bertz CT molecular complexity index is 1410. The molecule has 1 aliphatic heterocycles. The lowest BCUT2D eigenvalue weighted by Crippen LogP contribution is -2.37. The number of aryl methyl sites for hydroxylation is 1. The molecule has 3 aromatic heterocycles. The smallest absolute Gasteiger partial charge is 0.143 e. The molecule has 4 aromatic rings. The average Bonchev–Trinajstić information content (AvgIpc) is 3.49. The summed E-state index contributed by atoms with van der Waals surface area (Å²) in [7, 11) is 0. The van der Waals surface area contributed by atoms with Crippen molar-refractivity contribution in [2.75, 3.05) is 6.61 Å². The van der Waals surface area contributed by atoms with Crippen LogP contribution in [0.25, 0.3) is 21.9 Å². The highest BCUT2D eigenvalue weighted by molar-refractivity contribution is 9.10. The first-order chi connectivity index (χ1) is 16.3. The number of halogens is 2. The number of benzene rings is 1. The van der Waals surface area contributed by atoms with Gasteiger partial charge in [0.25, 0.3) is 0 Å². The van der Waals surface area contributed by atoms with E-state index in [1.165, 1.54) is 0 Å². The van der Waals surface area contributed by atoms with Crippen LogP contribution in [-0.2, 0) is 11.2 Å². The second kappa shape index (κ2) is 8.24. The third kappa shape index (κ3) is 3.55. The maximum Gasteiger partial charge on any atom is 0.143 e. The minimum atomic E-state index is -0.890. The molecule has 1 aromatic carbocycles. The summed E-state index contributed by atoms with van der Waals surface area (Å²) >= 11 is 9.60. The van der Waals surface area contributed by atoms with Crippen LogP contribution in [0.1, 0.15) is 30.1 Å². The van der Waals surface area contributed by atoms with Crippen LogP contribution in [0.2, 0.25) is 5.15 Å². The molecule has 0 radical (unpaired) electrons. The highest BCUT2D eigenvalue weighted by atomic mass is 79.9. The van der Waals surface area contributed by atoms with E-state index in [0.29, 0.717) is 31.0 Å². The summed E-state index contributed by atoms with van der Waals surface area (Å²) in [5, 5.41) is 24.6. The Morgan fingerprint density at radius 2 is 2.06 bits per heavy atom. The van der Waals surface area contributed by atoms with Crippen molar-refractivity contribution in [1.29, 1.82) is 0 Å². The first-order valence-electron chi connectivity index (χ1n) is 11.4. The number of aliphatic hydroxyl groups excluding tert-OH is 2. The molecule has 2 aliphatic rings. The lowest BCUT2D eigenvalue weighted by molar-refractivity contribution is -0.0308. The van der Waals surface area contributed by atoms with Gasteiger partial charge in [-0.25, -0.2) is 15.0 Å². The molecule has 176 valence electrons. The monoisotopic (exact) mass is 542 g/mol. The summed E-state index contributed by atoms with van der Waals surface area (Å²) in [6.45, 7) is 2.37. The second-order valence-corrected chi connectivity index (χ2v) is 10.8. The van der Waals surface area contributed by atoms with Crippen molar-refractivity contribution in [3.8, 4) is 0 Å². The highest BCUT2D eigenvalue weighted by Gasteiger charge is 2.57. The van der Waals surface area contributed by atoms with Crippen LogP contribution in [0.15, 0.2) is 47.3 Å². The normalized spacial score (nSPS) is 29.1. The van der Waals surface area contributed by atoms with Gasteiger partial charge in [0.15, 0.2) is 0 Å². The molecule has 1 spiro atoms. The van der Waals surface area contributed by atoms with E-state index in [1.807, 2.05) is 42.0 Å². The lowest BCUT2D eigenvalue weighted by Gasteiger charge is -2.26.